The number of rotatable bonds is 2. The fraction of sp³-hybridized carbons (Fsp3) is 0. The molecule has 76 valence electrons. The third kappa shape index (κ3) is 2.57. The first-order valence-corrected chi connectivity index (χ1v) is 4.94. The van der Waals surface area contributed by atoms with E-state index in [1.807, 2.05) is 0 Å². The highest BCUT2D eigenvalue weighted by Crippen LogP contribution is 2.25. The molecule has 0 saturated carbocycles. The Bertz CT molecular complexity index is 477. The van der Waals surface area contributed by atoms with Crippen LogP contribution in [-0.4, -0.2) is 4.98 Å². The molecule has 6 heteroatoms. The maximum absolute atomic E-state index is 12.6. The standard InChI is InChI=1S/C9H7FN4S/c10-6-1-3-7(4-2-6)13-14-8-5-12-9(11)15-8/h1-5H,(H2,11,12). The number of azo groups is 1. The number of aromatic nitrogens is 1. The average molecular weight is 222 g/mol. The van der Waals surface area contributed by atoms with E-state index in [9.17, 15) is 4.39 Å². The van der Waals surface area contributed by atoms with Crippen LogP contribution >= 0.6 is 11.3 Å². The van der Waals surface area contributed by atoms with Crippen LogP contribution in [0.5, 0.6) is 0 Å². The molecule has 0 radical (unpaired) electrons. The van der Waals surface area contributed by atoms with Gasteiger partial charge in [0.15, 0.2) is 10.1 Å². The Morgan fingerprint density at radius 2 is 1.93 bits per heavy atom. The molecule has 1 aromatic carbocycles. The van der Waals surface area contributed by atoms with Crippen molar-refractivity contribution in [1.82, 2.24) is 4.98 Å². The molecule has 0 atom stereocenters. The molecule has 2 rings (SSSR count). The van der Waals surface area contributed by atoms with Gasteiger partial charge in [0.2, 0.25) is 0 Å². The van der Waals surface area contributed by atoms with E-state index in [0.717, 1.165) is 0 Å². The summed E-state index contributed by atoms with van der Waals surface area (Å²) in [6.45, 7) is 0. The van der Waals surface area contributed by atoms with E-state index in [2.05, 4.69) is 15.2 Å². The molecule has 0 saturated heterocycles. The molecule has 2 aromatic rings. The van der Waals surface area contributed by atoms with Crippen LogP contribution in [0.15, 0.2) is 40.7 Å². The van der Waals surface area contributed by atoms with Crippen molar-refractivity contribution in [2.45, 2.75) is 0 Å². The zero-order chi connectivity index (χ0) is 10.7. The molecule has 15 heavy (non-hydrogen) atoms. The van der Waals surface area contributed by atoms with Gasteiger partial charge in [-0.3, -0.25) is 0 Å². The number of anilines is 1. The van der Waals surface area contributed by atoms with Gasteiger partial charge in [-0.2, -0.15) is 0 Å². The van der Waals surface area contributed by atoms with Crippen molar-refractivity contribution in [2.24, 2.45) is 10.2 Å². The second-order valence-corrected chi connectivity index (χ2v) is 3.75. The van der Waals surface area contributed by atoms with Gasteiger partial charge in [0.1, 0.15) is 5.82 Å². The number of nitrogens with two attached hydrogens (primary N) is 1. The van der Waals surface area contributed by atoms with E-state index < -0.39 is 0 Å². The molecule has 1 heterocycles. The highest BCUT2D eigenvalue weighted by atomic mass is 32.1. The molecule has 0 aliphatic heterocycles. The Morgan fingerprint density at radius 3 is 2.53 bits per heavy atom. The van der Waals surface area contributed by atoms with Crippen molar-refractivity contribution in [3.63, 3.8) is 0 Å². The SMILES string of the molecule is Nc1ncc(N=Nc2ccc(F)cc2)s1. The van der Waals surface area contributed by atoms with Gasteiger partial charge in [-0.05, 0) is 24.3 Å². The van der Waals surface area contributed by atoms with Crippen LogP contribution in [0.25, 0.3) is 0 Å². The maximum atomic E-state index is 12.6. The van der Waals surface area contributed by atoms with Crippen molar-refractivity contribution in [3.8, 4) is 0 Å². The van der Waals surface area contributed by atoms with Gasteiger partial charge in [-0.15, -0.1) is 10.2 Å². The second-order valence-electron chi connectivity index (χ2n) is 2.71. The van der Waals surface area contributed by atoms with Gasteiger partial charge in [0, 0.05) is 0 Å². The van der Waals surface area contributed by atoms with E-state index in [-0.39, 0.29) is 5.82 Å². The summed E-state index contributed by atoms with van der Waals surface area (Å²) >= 11 is 1.24. The predicted octanol–water partition coefficient (Wildman–Crippen LogP) is 3.28. The second kappa shape index (κ2) is 4.14. The minimum atomic E-state index is -0.295. The normalized spacial score (nSPS) is 11.0. The lowest BCUT2D eigenvalue weighted by Crippen LogP contribution is -1.77. The van der Waals surface area contributed by atoms with Crippen molar-refractivity contribution in [3.05, 3.63) is 36.3 Å². The fourth-order valence-electron chi connectivity index (χ4n) is 0.940. The van der Waals surface area contributed by atoms with Crippen molar-refractivity contribution in [1.29, 1.82) is 0 Å². The number of thiazole rings is 1. The van der Waals surface area contributed by atoms with Crippen LogP contribution in [0, 0.1) is 5.82 Å². The highest BCUT2D eigenvalue weighted by Gasteiger charge is 1.96. The Balaban J connectivity index is 2.14. The summed E-state index contributed by atoms with van der Waals surface area (Å²) in [4.78, 5) is 3.83. The average Bonchev–Trinajstić information content (AvgIpc) is 2.64. The van der Waals surface area contributed by atoms with Crippen LogP contribution in [0.2, 0.25) is 0 Å². The van der Waals surface area contributed by atoms with Crippen molar-refractivity contribution < 1.29 is 4.39 Å². The van der Waals surface area contributed by atoms with Crippen molar-refractivity contribution in [2.75, 3.05) is 5.73 Å². The Morgan fingerprint density at radius 1 is 1.20 bits per heavy atom. The third-order valence-electron chi connectivity index (χ3n) is 1.60. The molecule has 0 aliphatic carbocycles. The Labute approximate surface area is 89.3 Å². The van der Waals surface area contributed by atoms with Gasteiger partial charge in [-0.25, -0.2) is 9.37 Å². The Hall–Kier alpha value is -1.82. The zero-order valence-corrected chi connectivity index (χ0v) is 8.41. The van der Waals surface area contributed by atoms with Gasteiger partial charge in [-0.1, -0.05) is 11.3 Å². The molecule has 0 unspecified atom stereocenters. The lowest BCUT2D eigenvalue weighted by atomic mass is 10.3. The number of hydrogen-bond donors (Lipinski definition) is 1. The van der Waals surface area contributed by atoms with E-state index in [4.69, 9.17) is 5.73 Å². The first-order chi connectivity index (χ1) is 7.24. The van der Waals surface area contributed by atoms with E-state index >= 15 is 0 Å². The summed E-state index contributed by atoms with van der Waals surface area (Å²) in [6, 6.07) is 5.75. The van der Waals surface area contributed by atoms with Crippen LogP contribution in [0.4, 0.5) is 20.2 Å². The van der Waals surface area contributed by atoms with Crippen LogP contribution in [0.1, 0.15) is 0 Å². The lowest BCUT2D eigenvalue weighted by molar-refractivity contribution is 0.628. The molecule has 0 amide bonds. The number of halogens is 1. The predicted molar refractivity (Wildman–Crippen MR) is 57.1 cm³/mol. The summed E-state index contributed by atoms with van der Waals surface area (Å²) in [5, 5.41) is 8.88. The summed E-state index contributed by atoms with van der Waals surface area (Å²) in [5.41, 5.74) is 6.01. The van der Waals surface area contributed by atoms with E-state index in [1.165, 1.54) is 29.7 Å². The largest absolute Gasteiger partial charge is 0.375 e. The van der Waals surface area contributed by atoms with Crippen molar-refractivity contribution >= 4 is 27.2 Å². The quantitative estimate of drug-likeness (QED) is 0.792. The lowest BCUT2D eigenvalue weighted by Gasteiger charge is -1.89. The van der Waals surface area contributed by atoms with Gasteiger partial charge in [0.05, 0.1) is 11.9 Å². The monoisotopic (exact) mass is 222 g/mol. The van der Waals surface area contributed by atoms with Crippen LogP contribution < -0.4 is 5.73 Å². The van der Waals surface area contributed by atoms with E-state index in [0.29, 0.717) is 15.8 Å². The fourth-order valence-corrected chi connectivity index (χ4v) is 1.45. The van der Waals surface area contributed by atoms with Gasteiger partial charge >= 0.3 is 0 Å². The molecule has 0 fully saturated rings. The smallest absolute Gasteiger partial charge is 0.182 e. The highest BCUT2D eigenvalue weighted by molar-refractivity contribution is 7.18. The number of nitrogens with zero attached hydrogens (tertiary/aromatic N) is 3. The Kier molecular flexibility index (Phi) is 2.68. The molecule has 1 aromatic heterocycles. The minimum Gasteiger partial charge on any atom is -0.375 e. The van der Waals surface area contributed by atoms with Crippen LogP contribution in [-0.2, 0) is 0 Å². The molecule has 0 spiro atoms. The number of benzene rings is 1. The summed E-state index contributed by atoms with van der Waals surface area (Å²) < 4.78 is 12.6. The molecule has 4 nitrogen and oxygen atoms in total. The summed E-state index contributed by atoms with van der Waals surface area (Å²) in [5.74, 6) is -0.295. The first kappa shape index (κ1) is 9.72. The molecule has 2 N–H and O–H groups in total. The van der Waals surface area contributed by atoms with E-state index in [1.54, 1.807) is 12.1 Å². The zero-order valence-electron chi connectivity index (χ0n) is 7.59. The molecule has 0 bridgehead atoms. The molecular formula is C9H7FN4S. The summed E-state index contributed by atoms with van der Waals surface area (Å²) in [7, 11) is 0. The third-order valence-corrected chi connectivity index (χ3v) is 2.31. The minimum absolute atomic E-state index is 0.295. The van der Waals surface area contributed by atoms with Crippen LogP contribution in [0.3, 0.4) is 0 Å². The van der Waals surface area contributed by atoms with Gasteiger partial charge in [0.25, 0.3) is 0 Å². The topological polar surface area (TPSA) is 63.6 Å². The van der Waals surface area contributed by atoms with Gasteiger partial charge < -0.3 is 5.73 Å². The number of nitrogen functional groups attached to an aromatic ring is 1. The summed E-state index contributed by atoms with van der Waals surface area (Å²) in [6.07, 6.45) is 1.53. The molecular weight excluding hydrogens is 215 g/mol. The molecule has 0 aliphatic rings. The number of hydrogen-bond acceptors (Lipinski definition) is 5. The maximum Gasteiger partial charge on any atom is 0.182 e. The first-order valence-electron chi connectivity index (χ1n) is 4.12.